The van der Waals surface area contributed by atoms with E-state index in [1.54, 1.807) is 6.92 Å². The van der Waals surface area contributed by atoms with Crippen molar-refractivity contribution in [1.82, 2.24) is 4.98 Å². The number of nitrogens with one attached hydrogen (secondary N) is 1. The maximum atomic E-state index is 12.8. The van der Waals surface area contributed by atoms with E-state index in [-0.39, 0.29) is 24.9 Å². The first-order valence-corrected chi connectivity index (χ1v) is 10.3. The topological polar surface area (TPSA) is 68.4 Å². The van der Waals surface area contributed by atoms with Gasteiger partial charge in [-0.3, -0.25) is 4.79 Å². The van der Waals surface area contributed by atoms with Gasteiger partial charge >= 0.3 is 5.97 Å². The summed E-state index contributed by atoms with van der Waals surface area (Å²) in [5.41, 5.74) is 3.29. The highest BCUT2D eigenvalue weighted by atomic mass is 35.5. The Balaban J connectivity index is 1.44. The first-order valence-electron chi connectivity index (χ1n) is 9.88. The molecule has 30 heavy (non-hydrogen) atoms. The summed E-state index contributed by atoms with van der Waals surface area (Å²) in [5.74, 6) is 0.234. The average molecular weight is 424 g/mol. The van der Waals surface area contributed by atoms with E-state index in [4.69, 9.17) is 21.1 Å². The lowest BCUT2D eigenvalue weighted by Crippen LogP contribution is -2.18. The molecule has 6 heteroatoms. The van der Waals surface area contributed by atoms with Gasteiger partial charge in [0.1, 0.15) is 24.7 Å². The Kier molecular flexibility index (Phi) is 5.91. The van der Waals surface area contributed by atoms with Crippen molar-refractivity contribution in [3.8, 4) is 5.75 Å². The van der Waals surface area contributed by atoms with Gasteiger partial charge in [0, 0.05) is 22.7 Å². The minimum absolute atomic E-state index is 0.0140. The lowest BCUT2D eigenvalue weighted by molar-refractivity contribution is 0.0443. The third kappa shape index (κ3) is 4.12. The molecule has 1 atom stereocenters. The van der Waals surface area contributed by atoms with Gasteiger partial charge < -0.3 is 14.5 Å². The molecule has 1 aliphatic rings. The van der Waals surface area contributed by atoms with Gasteiger partial charge in [-0.2, -0.15) is 0 Å². The summed E-state index contributed by atoms with van der Waals surface area (Å²) in [6.07, 6.45) is 0.991. The molecular formula is C24H22ClNO4. The molecule has 3 aromatic rings. The molecule has 2 aromatic carbocycles. The zero-order valence-corrected chi connectivity index (χ0v) is 17.4. The summed E-state index contributed by atoms with van der Waals surface area (Å²) in [7, 11) is 0. The molecule has 1 unspecified atom stereocenters. The van der Waals surface area contributed by atoms with Crippen molar-refractivity contribution in [1.29, 1.82) is 0 Å². The van der Waals surface area contributed by atoms with Crippen molar-refractivity contribution in [3.63, 3.8) is 0 Å². The fourth-order valence-electron chi connectivity index (χ4n) is 3.95. The zero-order valence-electron chi connectivity index (χ0n) is 16.6. The number of aromatic amines is 1. The van der Waals surface area contributed by atoms with Gasteiger partial charge in [-0.05, 0) is 48.6 Å². The summed E-state index contributed by atoms with van der Waals surface area (Å²) >= 11 is 6.33. The molecule has 154 valence electrons. The summed E-state index contributed by atoms with van der Waals surface area (Å²) in [6, 6.07) is 16.9. The summed E-state index contributed by atoms with van der Waals surface area (Å²) in [5, 5.41) is 0.653. The van der Waals surface area contributed by atoms with E-state index < -0.39 is 5.97 Å². The van der Waals surface area contributed by atoms with E-state index in [0.717, 1.165) is 17.0 Å². The molecule has 0 saturated carbocycles. The van der Waals surface area contributed by atoms with Crippen LogP contribution in [0.25, 0.3) is 0 Å². The van der Waals surface area contributed by atoms with Crippen LogP contribution in [-0.4, -0.2) is 30.0 Å². The number of Topliss-reactive ketones (excluding diaryl/α,β-unsaturated/α-hetero) is 1. The van der Waals surface area contributed by atoms with Crippen molar-refractivity contribution in [3.05, 3.63) is 87.7 Å². The molecule has 0 fully saturated rings. The number of esters is 1. The Bertz CT molecular complexity index is 1070. The largest absolute Gasteiger partial charge is 0.490 e. The van der Waals surface area contributed by atoms with Crippen LogP contribution >= 0.6 is 11.6 Å². The molecule has 0 aliphatic heterocycles. The van der Waals surface area contributed by atoms with Crippen LogP contribution in [0.5, 0.6) is 5.75 Å². The molecule has 4 rings (SSSR count). The molecule has 0 radical (unpaired) electrons. The van der Waals surface area contributed by atoms with E-state index in [1.165, 1.54) is 0 Å². The minimum Gasteiger partial charge on any atom is -0.490 e. The Morgan fingerprint density at radius 2 is 1.80 bits per heavy atom. The number of hydrogen-bond acceptors (Lipinski definition) is 4. The van der Waals surface area contributed by atoms with Gasteiger partial charge in [0.2, 0.25) is 0 Å². The number of halogens is 1. The molecule has 5 nitrogen and oxygen atoms in total. The number of carbonyl (C=O) groups is 2. The molecule has 0 amide bonds. The molecule has 0 saturated heterocycles. The lowest BCUT2D eigenvalue weighted by atomic mass is 9.81. The van der Waals surface area contributed by atoms with Gasteiger partial charge in [0.05, 0.1) is 0 Å². The van der Waals surface area contributed by atoms with Gasteiger partial charge in [0.15, 0.2) is 5.78 Å². The molecule has 1 aliphatic carbocycles. The van der Waals surface area contributed by atoms with Crippen molar-refractivity contribution >= 4 is 23.4 Å². The lowest BCUT2D eigenvalue weighted by Gasteiger charge is -2.22. The monoisotopic (exact) mass is 423 g/mol. The van der Waals surface area contributed by atoms with E-state index in [0.29, 0.717) is 34.7 Å². The zero-order chi connectivity index (χ0) is 21.1. The van der Waals surface area contributed by atoms with E-state index in [2.05, 4.69) is 4.98 Å². The van der Waals surface area contributed by atoms with Crippen LogP contribution in [0.2, 0.25) is 5.02 Å². The van der Waals surface area contributed by atoms with Crippen molar-refractivity contribution < 1.29 is 19.1 Å². The van der Waals surface area contributed by atoms with Gasteiger partial charge in [-0.25, -0.2) is 4.79 Å². The van der Waals surface area contributed by atoms with Crippen LogP contribution < -0.4 is 4.74 Å². The van der Waals surface area contributed by atoms with Crippen molar-refractivity contribution in [2.45, 2.75) is 25.7 Å². The standard InChI is InChI=1S/C24H22ClNO4/c1-15-22-20(13-16(14-21(22)27)18-9-5-6-10-19(18)25)26-23(15)24(28)30-12-11-29-17-7-3-2-4-8-17/h2-10,16,26H,11-14H2,1H3. The number of ketones is 1. The summed E-state index contributed by atoms with van der Waals surface area (Å²) in [6.45, 7) is 2.15. The van der Waals surface area contributed by atoms with E-state index >= 15 is 0 Å². The van der Waals surface area contributed by atoms with Crippen LogP contribution in [-0.2, 0) is 11.2 Å². The average Bonchev–Trinajstić information content (AvgIpc) is 3.09. The Labute approximate surface area is 180 Å². The molecular weight excluding hydrogens is 402 g/mol. The quantitative estimate of drug-likeness (QED) is 0.441. The molecule has 1 N–H and O–H groups in total. The van der Waals surface area contributed by atoms with Gasteiger partial charge in [-0.1, -0.05) is 48.0 Å². The van der Waals surface area contributed by atoms with Gasteiger partial charge in [0.25, 0.3) is 0 Å². The number of para-hydroxylation sites is 1. The Morgan fingerprint density at radius 1 is 1.07 bits per heavy atom. The molecule has 1 heterocycles. The number of benzene rings is 2. The summed E-state index contributed by atoms with van der Waals surface area (Å²) in [4.78, 5) is 28.5. The predicted molar refractivity (Wildman–Crippen MR) is 115 cm³/mol. The second-order valence-corrected chi connectivity index (χ2v) is 7.73. The number of rotatable bonds is 6. The normalized spacial score (nSPS) is 15.5. The van der Waals surface area contributed by atoms with E-state index in [9.17, 15) is 9.59 Å². The Morgan fingerprint density at radius 3 is 2.57 bits per heavy atom. The maximum Gasteiger partial charge on any atom is 0.355 e. The highest BCUT2D eigenvalue weighted by molar-refractivity contribution is 6.31. The number of ether oxygens (including phenoxy) is 2. The first-order chi connectivity index (χ1) is 14.5. The third-order valence-electron chi connectivity index (χ3n) is 5.37. The number of fused-ring (bicyclic) bond motifs is 1. The van der Waals surface area contributed by atoms with Crippen molar-refractivity contribution in [2.75, 3.05) is 13.2 Å². The molecule has 0 spiro atoms. The van der Waals surface area contributed by atoms with Crippen LogP contribution in [0.3, 0.4) is 0 Å². The predicted octanol–water partition coefficient (Wildman–Crippen LogP) is 5.13. The maximum absolute atomic E-state index is 12.8. The number of carbonyl (C=O) groups excluding carboxylic acids is 2. The highest BCUT2D eigenvalue weighted by Gasteiger charge is 2.32. The summed E-state index contributed by atoms with van der Waals surface area (Å²) < 4.78 is 10.9. The third-order valence-corrected chi connectivity index (χ3v) is 5.71. The SMILES string of the molecule is Cc1c(C(=O)OCCOc2ccccc2)[nH]c2c1C(=O)CC(c1ccccc1Cl)C2. The fourth-order valence-corrected chi connectivity index (χ4v) is 4.24. The van der Waals surface area contributed by atoms with E-state index in [1.807, 2.05) is 54.6 Å². The van der Waals surface area contributed by atoms with Crippen LogP contribution in [0.4, 0.5) is 0 Å². The van der Waals surface area contributed by atoms with Crippen LogP contribution in [0, 0.1) is 6.92 Å². The van der Waals surface area contributed by atoms with Crippen molar-refractivity contribution in [2.24, 2.45) is 0 Å². The highest BCUT2D eigenvalue weighted by Crippen LogP contribution is 2.37. The first kappa shape index (κ1) is 20.2. The molecule has 1 aromatic heterocycles. The number of aromatic nitrogens is 1. The number of H-pyrrole nitrogens is 1. The smallest absolute Gasteiger partial charge is 0.355 e. The van der Waals surface area contributed by atoms with Crippen LogP contribution in [0.15, 0.2) is 54.6 Å². The second kappa shape index (κ2) is 8.76. The molecule has 0 bridgehead atoms. The second-order valence-electron chi connectivity index (χ2n) is 7.33. The van der Waals surface area contributed by atoms with Crippen LogP contribution in [0.1, 0.15) is 50.0 Å². The number of hydrogen-bond donors (Lipinski definition) is 1. The Hall–Kier alpha value is -3.05. The van der Waals surface area contributed by atoms with Gasteiger partial charge in [-0.15, -0.1) is 0 Å². The fraction of sp³-hybridized carbons (Fsp3) is 0.250. The minimum atomic E-state index is -0.486.